The van der Waals surface area contributed by atoms with E-state index in [-0.39, 0.29) is 5.91 Å². The molecule has 24 heavy (non-hydrogen) atoms. The molecule has 1 aromatic heterocycles. The Labute approximate surface area is 143 Å². The zero-order valence-corrected chi connectivity index (χ0v) is 14.8. The molecule has 0 aliphatic heterocycles. The van der Waals surface area contributed by atoms with Crippen LogP contribution < -0.4 is 5.32 Å². The first-order valence-electron chi connectivity index (χ1n) is 8.38. The highest BCUT2D eigenvalue weighted by atomic mass is 16.3. The maximum Gasteiger partial charge on any atom is 0.224 e. The summed E-state index contributed by atoms with van der Waals surface area (Å²) >= 11 is 0. The van der Waals surface area contributed by atoms with Gasteiger partial charge < -0.3 is 10.4 Å². The minimum Gasteiger partial charge on any atom is -0.382 e. The smallest absolute Gasteiger partial charge is 0.224 e. The Balaban J connectivity index is 2.15. The van der Waals surface area contributed by atoms with E-state index >= 15 is 0 Å². The number of nitrogens with zero attached hydrogens (tertiary/aromatic N) is 1. The summed E-state index contributed by atoms with van der Waals surface area (Å²) in [5.74, 6) is 0.797. The van der Waals surface area contributed by atoms with Crippen molar-refractivity contribution in [3.8, 4) is 0 Å². The van der Waals surface area contributed by atoms with Gasteiger partial charge in [0.15, 0.2) is 0 Å². The van der Waals surface area contributed by atoms with Gasteiger partial charge in [-0.2, -0.15) is 0 Å². The lowest BCUT2D eigenvalue weighted by atomic mass is 9.94. The molecule has 1 heterocycles. The Morgan fingerprint density at radius 3 is 2.58 bits per heavy atom. The van der Waals surface area contributed by atoms with E-state index in [4.69, 9.17) is 0 Å². The van der Waals surface area contributed by atoms with Crippen molar-refractivity contribution in [1.82, 2.24) is 4.98 Å². The van der Waals surface area contributed by atoms with Crippen LogP contribution in [-0.4, -0.2) is 16.0 Å². The normalized spacial score (nSPS) is 13.6. The molecule has 2 aromatic rings. The number of aryl methyl sites for hydroxylation is 1. The summed E-state index contributed by atoms with van der Waals surface area (Å²) in [4.78, 5) is 16.4. The van der Waals surface area contributed by atoms with Crippen LogP contribution in [0.3, 0.4) is 0 Å². The van der Waals surface area contributed by atoms with Crippen LogP contribution in [0.5, 0.6) is 0 Å². The van der Waals surface area contributed by atoms with Crippen molar-refractivity contribution in [1.29, 1.82) is 0 Å². The van der Waals surface area contributed by atoms with Gasteiger partial charge in [-0.1, -0.05) is 39.0 Å². The maximum atomic E-state index is 12.2. The molecular weight excluding hydrogens is 300 g/mol. The van der Waals surface area contributed by atoms with Gasteiger partial charge in [-0.15, -0.1) is 0 Å². The molecule has 1 amide bonds. The van der Waals surface area contributed by atoms with Gasteiger partial charge in [0.2, 0.25) is 5.91 Å². The fourth-order valence-electron chi connectivity index (χ4n) is 2.38. The van der Waals surface area contributed by atoms with Crippen LogP contribution in [0.1, 0.15) is 50.1 Å². The predicted molar refractivity (Wildman–Crippen MR) is 96.7 cm³/mol. The van der Waals surface area contributed by atoms with E-state index in [0.29, 0.717) is 29.5 Å². The van der Waals surface area contributed by atoms with Gasteiger partial charge in [-0.3, -0.25) is 9.78 Å². The first-order valence-corrected chi connectivity index (χ1v) is 8.38. The average molecular weight is 326 g/mol. The number of amides is 1. The quantitative estimate of drug-likeness (QED) is 0.840. The molecule has 1 aromatic carbocycles. The molecule has 0 unspecified atom stereocenters. The Morgan fingerprint density at radius 2 is 1.96 bits per heavy atom. The van der Waals surface area contributed by atoms with E-state index in [9.17, 15) is 9.90 Å². The number of aromatic nitrogens is 1. The number of anilines is 1. The summed E-state index contributed by atoms with van der Waals surface area (Å²) in [6.45, 7) is 8.26. The molecule has 4 heteroatoms. The van der Waals surface area contributed by atoms with Crippen LogP contribution in [0.2, 0.25) is 0 Å². The van der Waals surface area contributed by atoms with Gasteiger partial charge in [0.1, 0.15) is 6.10 Å². The van der Waals surface area contributed by atoms with Crippen LogP contribution in [-0.2, 0) is 4.79 Å². The number of aliphatic hydroxyl groups is 1. The molecule has 128 valence electrons. The molecule has 2 atom stereocenters. The molecule has 0 saturated carbocycles. The third-order valence-electron chi connectivity index (χ3n) is 4.46. The topological polar surface area (TPSA) is 62.2 Å². The highest BCUT2D eigenvalue weighted by Gasteiger charge is 2.16. The third kappa shape index (κ3) is 4.65. The molecule has 0 aliphatic carbocycles. The first-order chi connectivity index (χ1) is 11.4. The molecule has 0 spiro atoms. The average Bonchev–Trinajstić information content (AvgIpc) is 2.56. The van der Waals surface area contributed by atoms with Crippen LogP contribution in [0.4, 0.5) is 5.69 Å². The number of carbonyl (C=O) groups excluding carboxylic acids is 1. The van der Waals surface area contributed by atoms with E-state index in [1.807, 2.05) is 37.3 Å². The van der Waals surface area contributed by atoms with Crippen LogP contribution in [0.25, 0.3) is 0 Å². The van der Waals surface area contributed by atoms with Gasteiger partial charge >= 0.3 is 0 Å². The maximum absolute atomic E-state index is 12.2. The fraction of sp³-hybridized carbons (Fsp3) is 0.400. The second kappa shape index (κ2) is 8.06. The number of benzene rings is 1. The molecule has 0 fully saturated rings. The number of aliphatic hydroxyl groups excluding tert-OH is 1. The van der Waals surface area contributed by atoms with Gasteiger partial charge in [0.05, 0.1) is 5.69 Å². The summed E-state index contributed by atoms with van der Waals surface area (Å²) in [7, 11) is 0. The molecule has 0 radical (unpaired) electrons. The summed E-state index contributed by atoms with van der Waals surface area (Å²) < 4.78 is 0. The molecule has 0 aliphatic rings. The standard InChI is InChI=1S/C20H26N2O2/c1-13(2)15(4)11-19(23)22-18-12-16(9-8-14(18)3)20(24)17-7-5-6-10-21-17/h5-10,12-13,15,20,24H,11H2,1-4H3,(H,22,23)/t15-,20-/m1/s1. The van der Waals surface area contributed by atoms with Crippen molar-refractivity contribution in [2.75, 3.05) is 5.32 Å². The van der Waals surface area contributed by atoms with E-state index in [2.05, 4.69) is 31.1 Å². The lowest BCUT2D eigenvalue weighted by molar-refractivity contribution is -0.117. The van der Waals surface area contributed by atoms with Gasteiger partial charge in [-0.05, 0) is 48.1 Å². The van der Waals surface area contributed by atoms with Crippen molar-refractivity contribution >= 4 is 11.6 Å². The minimum absolute atomic E-state index is 0.00350. The van der Waals surface area contributed by atoms with Crippen molar-refractivity contribution in [3.05, 3.63) is 59.4 Å². The minimum atomic E-state index is -0.808. The van der Waals surface area contributed by atoms with Gasteiger partial charge in [-0.25, -0.2) is 0 Å². The number of pyridine rings is 1. The second-order valence-electron chi connectivity index (χ2n) is 6.71. The number of nitrogens with one attached hydrogen (secondary N) is 1. The van der Waals surface area contributed by atoms with E-state index in [1.54, 1.807) is 12.3 Å². The van der Waals surface area contributed by atoms with Crippen molar-refractivity contribution < 1.29 is 9.90 Å². The Kier molecular flexibility index (Phi) is 6.10. The van der Waals surface area contributed by atoms with Crippen LogP contribution in [0.15, 0.2) is 42.6 Å². The van der Waals surface area contributed by atoms with E-state index < -0.39 is 6.10 Å². The van der Waals surface area contributed by atoms with Crippen LogP contribution in [0, 0.1) is 18.8 Å². The summed E-state index contributed by atoms with van der Waals surface area (Å²) in [5.41, 5.74) is 3.01. The summed E-state index contributed by atoms with van der Waals surface area (Å²) in [6, 6.07) is 11.0. The molecule has 2 N–H and O–H groups in total. The Hall–Kier alpha value is -2.20. The largest absolute Gasteiger partial charge is 0.382 e. The van der Waals surface area contributed by atoms with Crippen molar-refractivity contribution in [2.45, 2.75) is 40.2 Å². The third-order valence-corrected chi connectivity index (χ3v) is 4.46. The van der Waals surface area contributed by atoms with Gasteiger partial charge in [0.25, 0.3) is 0 Å². The van der Waals surface area contributed by atoms with Gasteiger partial charge in [0, 0.05) is 18.3 Å². The molecule has 0 saturated heterocycles. The highest BCUT2D eigenvalue weighted by molar-refractivity contribution is 5.91. The van der Waals surface area contributed by atoms with Crippen LogP contribution >= 0.6 is 0 Å². The SMILES string of the molecule is Cc1ccc([C@@H](O)c2ccccn2)cc1NC(=O)C[C@@H](C)C(C)C. The molecule has 4 nitrogen and oxygen atoms in total. The number of carbonyl (C=O) groups is 1. The van der Waals surface area contributed by atoms with Crippen molar-refractivity contribution in [3.63, 3.8) is 0 Å². The van der Waals surface area contributed by atoms with E-state index in [0.717, 1.165) is 11.3 Å². The zero-order chi connectivity index (χ0) is 17.7. The molecular formula is C20H26N2O2. The lowest BCUT2D eigenvalue weighted by Crippen LogP contribution is -2.18. The number of hydrogen-bond donors (Lipinski definition) is 2. The predicted octanol–water partition coefficient (Wildman–Crippen LogP) is 4.09. The molecule has 0 bridgehead atoms. The highest BCUT2D eigenvalue weighted by Crippen LogP contribution is 2.26. The molecule has 2 rings (SSSR count). The second-order valence-corrected chi connectivity index (χ2v) is 6.71. The monoisotopic (exact) mass is 326 g/mol. The zero-order valence-electron chi connectivity index (χ0n) is 14.8. The lowest BCUT2D eigenvalue weighted by Gasteiger charge is -2.17. The van der Waals surface area contributed by atoms with Crippen molar-refractivity contribution in [2.24, 2.45) is 11.8 Å². The summed E-state index contributed by atoms with van der Waals surface area (Å²) in [5, 5.41) is 13.5. The Bertz CT molecular complexity index is 683. The summed E-state index contributed by atoms with van der Waals surface area (Å²) in [6.07, 6.45) is 1.34. The van der Waals surface area contributed by atoms with E-state index in [1.165, 1.54) is 0 Å². The number of rotatable bonds is 6. The Morgan fingerprint density at radius 1 is 1.21 bits per heavy atom. The fourth-order valence-corrected chi connectivity index (χ4v) is 2.38. The first kappa shape index (κ1) is 18.1. The number of hydrogen-bond acceptors (Lipinski definition) is 3.